The topological polar surface area (TPSA) is 12.9 Å². The number of thiazole rings is 1. The minimum Gasteiger partial charge on any atom is -0.248 e. The van der Waals surface area contributed by atoms with E-state index in [1.807, 2.05) is 17.5 Å². The molecule has 0 fully saturated rings. The number of nitrogens with zero attached hydrogens (tertiary/aromatic N) is 1. The molecule has 0 saturated carbocycles. The van der Waals surface area contributed by atoms with Crippen molar-refractivity contribution in [2.45, 2.75) is 19.3 Å². The quantitative estimate of drug-likeness (QED) is 0.663. The van der Waals surface area contributed by atoms with Gasteiger partial charge in [0.2, 0.25) is 0 Å². The zero-order chi connectivity index (χ0) is 13.8. The van der Waals surface area contributed by atoms with Gasteiger partial charge in [0, 0.05) is 11.1 Å². The van der Waals surface area contributed by atoms with Gasteiger partial charge in [-0.2, -0.15) is 0 Å². The van der Waals surface area contributed by atoms with Crippen LogP contribution in [0.5, 0.6) is 0 Å². The van der Waals surface area contributed by atoms with Gasteiger partial charge < -0.3 is 0 Å². The maximum Gasteiger partial charge on any atom is 0.105 e. The Morgan fingerprint density at radius 1 is 0.900 bits per heavy atom. The van der Waals surface area contributed by atoms with E-state index < -0.39 is 0 Å². The average Bonchev–Trinajstić information content (AvgIpc) is 2.98. The predicted molar refractivity (Wildman–Crippen MR) is 85.3 cm³/mol. The average molecular weight is 279 g/mol. The normalized spacial score (nSPS) is 10.9. The molecular formula is C18H17NS. The van der Waals surface area contributed by atoms with Gasteiger partial charge in [0.1, 0.15) is 5.01 Å². The molecule has 0 saturated heterocycles. The molecule has 0 aliphatic carbocycles. The molecule has 0 spiro atoms. The number of hydrogen-bond acceptors (Lipinski definition) is 2. The Morgan fingerprint density at radius 3 is 1.90 bits per heavy atom. The first-order chi connectivity index (χ1) is 9.88. The summed E-state index contributed by atoms with van der Waals surface area (Å²) in [6, 6.07) is 21.2. The Kier molecular flexibility index (Phi) is 3.93. The fourth-order valence-electron chi connectivity index (χ4n) is 2.39. The molecule has 1 heterocycles. The predicted octanol–water partition coefficient (Wildman–Crippen LogP) is 4.89. The minimum atomic E-state index is 0.239. The van der Waals surface area contributed by atoms with E-state index >= 15 is 0 Å². The monoisotopic (exact) mass is 279 g/mol. The summed E-state index contributed by atoms with van der Waals surface area (Å²) in [6.45, 7) is 2.18. The summed E-state index contributed by atoms with van der Waals surface area (Å²) >= 11 is 1.82. The lowest BCUT2D eigenvalue weighted by Gasteiger charge is -2.15. The summed E-state index contributed by atoms with van der Waals surface area (Å²) in [5, 5.41) is 1.18. The van der Waals surface area contributed by atoms with Crippen LogP contribution in [0.25, 0.3) is 0 Å². The maximum absolute atomic E-state index is 4.66. The molecule has 2 aromatic carbocycles. The summed E-state index contributed by atoms with van der Waals surface area (Å²) < 4.78 is 0. The van der Waals surface area contributed by atoms with E-state index in [-0.39, 0.29) is 5.92 Å². The van der Waals surface area contributed by atoms with E-state index in [0.29, 0.717) is 0 Å². The highest BCUT2D eigenvalue weighted by Gasteiger charge is 2.19. The highest BCUT2D eigenvalue weighted by Crippen LogP contribution is 2.34. The minimum absolute atomic E-state index is 0.239. The second kappa shape index (κ2) is 6.02. The molecule has 0 amide bonds. The van der Waals surface area contributed by atoms with Crippen molar-refractivity contribution in [1.29, 1.82) is 0 Å². The third-order valence-corrected chi connectivity index (χ3v) is 4.64. The van der Waals surface area contributed by atoms with Crippen LogP contribution in [0.2, 0.25) is 0 Å². The second-order valence-electron chi connectivity index (χ2n) is 4.77. The molecule has 100 valence electrons. The van der Waals surface area contributed by atoms with E-state index in [9.17, 15) is 0 Å². The highest BCUT2D eigenvalue weighted by atomic mass is 32.1. The van der Waals surface area contributed by atoms with Crippen molar-refractivity contribution in [3.8, 4) is 0 Å². The van der Waals surface area contributed by atoms with Gasteiger partial charge in [0.05, 0.1) is 5.92 Å². The van der Waals surface area contributed by atoms with Crippen molar-refractivity contribution < 1.29 is 0 Å². The summed E-state index contributed by atoms with van der Waals surface area (Å²) in [4.78, 5) is 6.00. The highest BCUT2D eigenvalue weighted by molar-refractivity contribution is 7.11. The Morgan fingerprint density at radius 2 is 1.45 bits per heavy atom. The molecule has 0 atom stereocenters. The molecule has 0 aliphatic heterocycles. The van der Waals surface area contributed by atoms with Crippen LogP contribution in [0.1, 0.15) is 33.9 Å². The standard InChI is InChI=1S/C18H17NS/c1-2-16-13-19-18(20-16)17(14-9-5-3-6-10-14)15-11-7-4-8-12-15/h3-13,17H,2H2,1H3. The summed E-state index contributed by atoms with van der Waals surface area (Å²) in [6.07, 6.45) is 3.06. The molecule has 20 heavy (non-hydrogen) atoms. The van der Waals surface area contributed by atoms with E-state index in [4.69, 9.17) is 0 Å². The summed E-state index contributed by atoms with van der Waals surface area (Å²) in [5.41, 5.74) is 2.60. The molecule has 2 heteroatoms. The number of hydrogen-bond donors (Lipinski definition) is 0. The van der Waals surface area contributed by atoms with Gasteiger partial charge in [-0.15, -0.1) is 11.3 Å². The zero-order valence-corrected chi connectivity index (χ0v) is 12.3. The summed E-state index contributed by atoms with van der Waals surface area (Å²) in [7, 11) is 0. The SMILES string of the molecule is CCc1cnc(C(c2ccccc2)c2ccccc2)s1. The Bertz CT molecular complexity index is 619. The van der Waals surface area contributed by atoms with Crippen LogP contribution in [0.4, 0.5) is 0 Å². The molecular weight excluding hydrogens is 262 g/mol. The molecule has 1 aromatic heterocycles. The first-order valence-corrected chi connectivity index (χ1v) is 7.74. The van der Waals surface area contributed by atoms with Gasteiger partial charge >= 0.3 is 0 Å². The maximum atomic E-state index is 4.66. The smallest absolute Gasteiger partial charge is 0.105 e. The third-order valence-electron chi connectivity index (χ3n) is 3.43. The van der Waals surface area contributed by atoms with Crippen molar-refractivity contribution in [3.63, 3.8) is 0 Å². The van der Waals surface area contributed by atoms with Gasteiger partial charge in [-0.25, -0.2) is 4.98 Å². The molecule has 0 radical (unpaired) electrons. The third kappa shape index (κ3) is 2.66. The van der Waals surface area contributed by atoms with Crippen LogP contribution in [-0.2, 0) is 6.42 Å². The first-order valence-electron chi connectivity index (χ1n) is 6.93. The molecule has 0 N–H and O–H groups in total. The fraction of sp³-hybridized carbons (Fsp3) is 0.167. The van der Waals surface area contributed by atoms with Crippen LogP contribution in [-0.4, -0.2) is 4.98 Å². The molecule has 3 rings (SSSR count). The molecule has 3 aromatic rings. The lowest BCUT2D eigenvalue weighted by molar-refractivity contribution is 0.955. The largest absolute Gasteiger partial charge is 0.248 e. The molecule has 0 bridgehead atoms. The van der Waals surface area contributed by atoms with Gasteiger partial charge in [-0.3, -0.25) is 0 Å². The van der Waals surface area contributed by atoms with Crippen LogP contribution in [0.3, 0.4) is 0 Å². The molecule has 1 nitrogen and oxygen atoms in total. The Labute approximate surface area is 124 Å². The van der Waals surface area contributed by atoms with Crippen LogP contribution in [0, 0.1) is 0 Å². The van der Waals surface area contributed by atoms with Crippen molar-refractivity contribution >= 4 is 11.3 Å². The van der Waals surface area contributed by atoms with E-state index in [2.05, 4.69) is 72.6 Å². The molecule has 0 aliphatic rings. The number of rotatable bonds is 4. The van der Waals surface area contributed by atoms with Crippen LogP contribution < -0.4 is 0 Å². The van der Waals surface area contributed by atoms with Gasteiger partial charge in [-0.1, -0.05) is 67.6 Å². The first kappa shape index (κ1) is 13.1. The Hall–Kier alpha value is -1.93. The lowest BCUT2D eigenvalue weighted by atomic mass is 9.92. The number of aryl methyl sites for hydroxylation is 1. The van der Waals surface area contributed by atoms with Crippen molar-refractivity contribution in [2.75, 3.05) is 0 Å². The van der Waals surface area contributed by atoms with E-state index in [1.54, 1.807) is 0 Å². The molecule has 0 unspecified atom stereocenters. The van der Waals surface area contributed by atoms with E-state index in [1.165, 1.54) is 21.0 Å². The van der Waals surface area contributed by atoms with Gasteiger partial charge in [-0.05, 0) is 17.5 Å². The lowest BCUT2D eigenvalue weighted by Crippen LogP contribution is -2.02. The second-order valence-corrected chi connectivity index (χ2v) is 5.92. The summed E-state index contributed by atoms with van der Waals surface area (Å²) in [5.74, 6) is 0.239. The van der Waals surface area contributed by atoms with Gasteiger partial charge in [0.15, 0.2) is 0 Å². The van der Waals surface area contributed by atoms with Crippen molar-refractivity contribution in [3.05, 3.63) is 87.9 Å². The van der Waals surface area contributed by atoms with Gasteiger partial charge in [0.25, 0.3) is 0 Å². The fourth-order valence-corrected chi connectivity index (χ4v) is 3.40. The van der Waals surface area contributed by atoms with Crippen LogP contribution >= 0.6 is 11.3 Å². The van der Waals surface area contributed by atoms with E-state index in [0.717, 1.165) is 6.42 Å². The zero-order valence-electron chi connectivity index (χ0n) is 11.5. The van der Waals surface area contributed by atoms with Crippen molar-refractivity contribution in [2.24, 2.45) is 0 Å². The Balaban J connectivity index is 2.09. The number of benzene rings is 2. The number of aromatic nitrogens is 1. The van der Waals surface area contributed by atoms with Crippen molar-refractivity contribution in [1.82, 2.24) is 4.98 Å². The van der Waals surface area contributed by atoms with Crippen LogP contribution in [0.15, 0.2) is 66.9 Å².